The smallest absolute Gasteiger partial charge is 0.407 e. The molecule has 0 radical (unpaired) electrons. The minimum Gasteiger partial charge on any atom is -0.444 e. The Balaban J connectivity index is 1.68. The number of ether oxygens (including phenoxy) is 1. The van der Waals surface area contributed by atoms with Gasteiger partial charge in [0.25, 0.3) is 0 Å². The van der Waals surface area contributed by atoms with E-state index in [0.717, 1.165) is 30.8 Å². The minimum absolute atomic E-state index is 0.0185. The van der Waals surface area contributed by atoms with Gasteiger partial charge >= 0.3 is 6.09 Å². The molecule has 3 rings (SSSR count). The number of pyridine rings is 2. The molecule has 0 aromatic carbocycles. The summed E-state index contributed by atoms with van der Waals surface area (Å²) in [5.74, 6) is -0.500. The Morgan fingerprint density at radius 2 is 2.23 bits per heavy atom. The first-order valence-electron chi connectivity index (χ1n) is 10.1. The molecule has 8 nitrogen and oxygen atoms in total. The van der Waals surface area contributed by atoms with Gasteiger partial charge in [0, 0.05) is 31.4 Å². The van der Waals surface area contributed by atoms with Gasteiger partial charge in [-0.15, -0.1) is 0 Å². The molecule has 4 N–H and O–H groups in total. The van der Waals surface area contributed by atoms with E-state index in [9.17, 15) is 9.18 Å². The fourth-order valence-electron chi connectivity index (χ4n) is 3.42. The van der Waals surface area contributed by atoms with E-state index in [1.54, 1.807) is 12.4 Å². The highest BCUT2D eigenvalue weighted by Crippen LogP contribution is 2.29. The van der Waals surface area contributed by atoms with E-state index in [-0.39, 0.29) is 16.3 Å². The van der Waals surface area contributed by atoms with E-state index in [1.165, 1.54) is 6.07 Å². The lowest BCUT2D eigenvalue weighted by molar-refractivity contribution is 0.0500. The van der Waals surface area contributed by atoms with Crippen LogP contribution >= 0.6 is 15.9 Å². The topological polar surface area (TPSA) is 105 Å². The van der Waals surface area contributed by atoms with Crippen molar-refractivity contribution in [3.05, 3.63) is 40.6 Å². The number of anilines is 3. The van der Waals surface area contributed by atoms with E-state index in [0.29, 0.717) is 18.8 Å². The quantitative estimate of drug-likeness (QED) is 0.538. The normalized spacial score (nSPS) is 16.7. The summed E-state index contributed by atoms with van der Waals surface area (Å²) < 4.78 is 19.1. The zero-order valence-electron chi connectivity index (χ0n) is 17.9. The molecule has 1 saturated heterocycles. The Morgan fingerprint density at radius 1 is 1.45 bits per heavy atom. The standard InChI is InChI=1S/C21H28BrFN6O2/c1-21(2,3)31-20(30)27-13-5-4-8-29(12-13)18-6-7-25-10-17(18)26-11-16-15(24)9-14(23)19(22)28-16/h6-7,9-10,13,26H,4-5,8,11-12,24H2,1-3H3,(H,27,30)/t13-/m0/s1. The zero-order chi connectivity index (χ0) is 22.6. The Hall–Kier alpha value is -2.62. The van der Waals surface area contributed by atoms with E-state index < -0.39 is 17.5 Å². The van der Waals surface area contributed by atoms with E-state index in [1.807, 2.05) is 26.8 Å². The minimum atomic E-state index is -0.536. The number of alkyl carbamates (subject to hydrolysis) is 1. The maximum Gasteiger partial charge on any atom is 0.407 e. The van der Waals surface area contributed by atoms with Crippen molar-refractivity contribution in [3.63, 3.8) is 0 Å². The van der Waals surface area contributed by atoms with Crippen LogP contribution in [0, 0.1) is 5.82 Å². The van der Waals surface area contributed by atoms with Crippen molar-refractivity contribution in [3.8, 4) is 0 Å². The SMILES string of the molecule is CC(C)(C)OC(=O)N[C@H]1CCCN(c2ccncc2NCc2nc(Br)c(F)cc2N)C1. The fraction of sp³-hybridized carbons (Fsp3) is 0.476. The molecule has 1 aliphatic rings. The van der Waals surface area contributed by atoms with Gasteiger partial charge in [-0.3, -0.25) is 4.98 Å². The number of halogens is 2. The summed E-state index contributed by atoms with van der Waals surface area (Å²) in [6.07, 6.45) is 4.87. The molecule has 3 heterocycles. The number of carbonyl (C=O) groups is 1. The van der Waals surface area contributed by atoms with Gasteiger partial charge in [0.1, 0.15) is 10.2 Å². The Kier molecular flexibility index (Phi) is 7.19. The molecule has 31 heavy (non-hydrogen) atoms. The second-order valence-electron chi connectivity index (χ2n) is 8.47. The van der Waals surface area contributed by atoms with Crippen LogP contribution in [-0.2, 0) is 11.3 Å². The first-order chi connectivity index (χ1) is 14.6. The number of hydrogen-bond donors (Lipinski definition) is 3. The number of hydrogen-bond acceptors (Lipinski definition) is 7. The molecule has 0 unspecified atom stereocenters. The van der Waals surface area contributed by atoms with Crippen LogP contribution in [0.4, 0.5) is 26.2 Å². The van der Waals surface area contributed by atoms with Crippen LogP contribution in [0.5, 0.6) is 0 Å². The van der Waals surface area contributed by atoms with Gasteiger partial charge in [-0.1, -0.05) is 0 Å². The lowest BCUT2D eigenvalue weighted by atomic mass is 10.0. The molecule has 0 spiro atoms. The van der Waals surface area contributed by atoms with Crippen molar-refractivity contribution >= 4 is 39.1 Å². The van der Waals surface area contributed by atoms with E-state index in [4.69, 9.17) is 10.5 Å². The molecule has 10 heteroatoms. The zero-order valence-corrected chi connectivity index (χ0v) is 19.5. The highest BCUT2D eigenvalue weighted by atomic mass is 79.9. The molecule has 1 atom stereocenters. The number of nitrogen functional groups attached to an aromatic ring is 1. The van der Waals surface area contributed by atoms with Crippen molar-refractivity contribution in [1.29, 1.82) is 0 Å². The van der Waals surface area contributed by atoms with Crippen LogP contribution < -0.4 is 21.3 Å². The number of nitrogens with one attached hydrogen (secondary N) is 2. The maximum atomic E-state index is 13.6. The molecule has 0 aliphatic carbocycles. The highest BCUT2D eigenvalue weighted by molar-refractivity contribution is 9.10. The summed E-state index contributed by atoms with van der Waals surface area (Å²) in [7, 11) is 0. The number of piperidine rings is 1. The van der Waals surface area contributed by atoms with Gasteiger partial charge in [0.15, 0.2) is 5.82 Å². The molecule has 1 fully saturated rings. The van der Waals surface area contributed by atoms with Crippen molar-refractivity contribution in [2.45, 2.75) is 51.8 Å². The number of nitrogens with zero attached hydrogens (tertiary/aromatic N) is 3. The first kappa shape index (κ1) is 23.1. The molecule has 0 saturated carbocycles. The third kappa shape index (κ3) is 6.43. The van der Waals surface area contributed by atoms with E-state index in [2.05, 4.69) is 41.4 Å². The third-order valence-electron chi connectivity index (χ3n) is 4.77. The Morgan fingerprint density at radius 3 is 2.97 bits per heavy atom. The predicted molar refractivity (Wildman–Crippen MR) is 122 cm³/mol. The predicted octanol–water partition coefficient (Wildman–Crippen LogP) is 4.07. The molecule has 2 aromatic heterocycles. The summed E-state index contributed by atoms with van der Waals surface area (Å²) in [6.45, 7) is 7.35. The third-order valence-corrected chi connectivity index (χ3v) is 5.33. The maximum absolute atomic E-state index is 13.6. The van der Waals surface area contributed by atoms with Crippen LogP contribution in [0.1, 0.15) is 39.3 Å². The van der Waals surface area contributed by atoms with Crippen molar-refractivity contribution in [2.75, 3.05) is 29.0 Å². The summed E-state index contributed by atoms with van der Waals surface area (Å²) in [4.78, 5) is 22.7. The molecule has 168 valence electrons. The van der Waals surface area contributed by atoms with Gasteiger partial charge in [-0.05, 0) is 55.6 Å². The summed E-state index contributed by atoms with van der Waals surface area (Å²) in [5.41, 5.74) is 7.95. The van der Waals surface area contributed by atoms with Gasteiger partial charge in [0.05, 0.1) is 35.5 Å². The van der Waals surface area contributed by atoms with Gasteiger partial charge in [-0.25, -0.2) is 14.2 Å². The van der Waals surface area contributed by atoms with Crippen molar-refractivity contribution in [2.24, 2.45) is 0 Å². The average molecular weight is 495 g/mol. The molecular formula is C21H28BrFN6O2. The number of amides is 1. The Bertz CT molecular complexity index is 937. The van der Waals surface area contributed by atoms with Crippen molar-refractivity contribution < 1.29 is 13.9 Å². The summed E-state index contributed by atoms with van der Waals surface area (Å²) >= 11 is 3.09. The fourth-order valence-corrected chi connectivity index (χ4v) is 3.75. The highest BCUT2D eigenvalue weighted by Gasteiger charge is 2.25. The van der Waals surface area contributed by atoms with E-state index >= 15 is 0 Å². The van der Waals surface area contributed by atoms with Crippen LogP contribution in [0.15, 0.2) is 29.1 Å². The molecular weight excluding hydrogens is 467 g/mol. The molecule has 1 aliphatic heterocycles. The van der Waals surface area contributed by atoms with Gasteiger partial charge < -0.3 is 26.0 Å². The number of carbonyl (C=O) groups excluding carboxylic acids is 1. The average Bonchev–Trinajstić information content (AvgIpc) is 2.68. The molecule has 2 aromatic rings. The first-order valence-corrected chi connectivity index (χ1v) is 10.9. The number of nitrogens with two attached hydrogens (primary N) is 1. The summed E-state index contributed by atoms with van der Waals surface area (Å²) in [5, 5.41) is 6.26. The lowest BCUT2D eigenvalue weighted by Gasteiger charge is -2.36. The van der Waals surface area contributed by atoms with Crippen LogP contribution in [0.25, 0.3) is 0 Å². The van der Waals surface area contributed by atoms with Crippen LogP contribution in [0.3, 0.4) is 0 Å². The second-order valence-corrected chi connectivity index (χ2v) is 9.23. The Labute approximate surface area is 189 Å². The largest absolute Gasteiger partial charge is 0.444 e. The van der Waals surface area contributed by atoms with Crippen molar-refractivity contribution in [1.82, 2.24) is 15.3 Å². The molecule has 1 amide bonds. The lowest BCUT2D eigenvalue weighted by Crippen LogP contribution is -2.49. The number of rotatable bonds is 5. The second kappa shape index (κ2) is 9.67. The van der Waals surface area contributed by atoms with Gasteiger partial charge in [-0.2, -0.15) is 0 Å². The van der Waals surface area contributed by atoms with Crippen LogP contribution in [-0.4, -0.2) is 40.8 Å². The monoisotopic (exact) mass is 494 g/mol. The number of aromatic nitrogens is 2. The van der Waals surface area contributed by atoms with Crippen LogP contribution in [0.2, 0.25) is 0 Å². The molecule has 0 bridgehead atoms. The van der Waals surface area contributed by atoms with Gasteiger partial charge in [0.2, 0.25) is 0 Å². The summed E-state index contributed by atoms with van der Waals surface area (Å²) in [6, 6.07) is 3.15.